The predicted molar refractivity (Wildman–Crippen MR) is 81.4 cm³/mol. The molecule has 0 radical (unpaired) electrons. The van der Waals surface area contributed by atoms with Gasteiger partial charge in [0.15, 0.2) is 0 Å². The molecule has 1 heterocycles. The molecule has 0 fully saturated rings. The first-order valence-corrected chi connectivity index (χ1v) is 7.01. The zero-order valence-corrected chi connectivity index (χ0v) is 12.0. The maximum atomic E-state index is 5.94. The summed E-state index contributed by atoms with van der Waals surface area (Å²) >= 11 is 1.82. The Balaban J connectivity index is 2.11. The third-order valence-corrected chi connectivity index (χ3v) is 4.54. The second-order valence-corrected chi connectivity index (χ2v) is 6.17. The van der Waals surface area contributed by atoms with E-state index in [9.17, 15) is 0 Å². The van der Waals surface area contributed by atoms with Crippen LogP contribution >= 0.6 is 11.3 Å². The highest BCUT2D eigenvalue weighted by atomic mass is 32.1. The third kappa shape index (κ3) is 2.67. The van der Waals surface area contributed by atoms with Gasteiger partial charge in [-0.1, -0.05) is 26.0 Å². The number of thiophene rings is 1. The van der Waals surface area contributed by atoms with E-state index >= 15 is 0 Å². The lowest BCUT2D eigenvalue weighted by molar-refractivity contribution is 0.566. The summed E-state index contributed by atoms with van der Waals surface area (Å²) in [5, 5.41) is 5.61. The van der Waals surface area contributed by atoms with Crippen LogP contribution in [0.1, 0.15) is 24.3 Å². The molecule has 3 N–H and O–H groups in total. The molecule has 18 heavy (non-hydrogen) atoms. The topological polar surface area (TPSA) is 38.0 Å². The average molecular weight is 260 g/mol. The molecule has 1 aromatic carbocycles. The second kappa shape index (κ2) is 5.02. The first-order valence-electron chi connectivity index (χ1n) is 6.13. The standard InChI is InChI=1S/C15H20N2S/c1-11-8-9-18-14(11)15(2,3)10-17-13-7-5-4-6-12(13)16/h4-9,17H,10,16H2,1-3H3. The average Bonchev–Trinajstić information content (AvgIpc) is 2.75. The molecular weight excluding hydrogens is 240 g/mol. The predicted octanol–water partition coefficient (Wildman–Crippen LogP) is 4.03. The third-order valence-electron chi connectivity index (χ3n) is 3.16. The zero-order chi connectivity index (χ0) is 13.2. The van der Waals surface area contributed by atoms with Crippen LogP contribution in [0.15, 0.2) is 35.7 Å². The molecule has 3 heteroatoms. The van der Waals surface area contributed by atoms with Crippen LogP contribution in [0.3, 0.4) is 0 Å². The minimum Gasteiger partial charge on any atom is -0.397 e. The molecule has 0 saturated carbocycles. The summed E-state index contributed by atoms with van der Waals surface area (Å²) in [4.78, 5) is 1.43. The summed E-state index contributed by atoms with van der Waals surface area (Å²) in [6, 6.07) is 10.1. The fraction of sp³-hybridized carbons (Fsp3) is 0.333. The number of nitrogens with one attached hydrogen (secondary N) is 1. The van der Waals surface area contributed by atoms with Crippen molar-refractivity contribution in [2.75, 3.05) is 17.6 Å². The molecule has 0 saturated heterocycles. The van der Waals surface area contributed by atoms with Crippen molar-refractivity contribution in [2.24, 2.45) is 0 Å². The van der Waals surface area contributed by atoms with Crippen LogP contribution in [-0.4, -0.2) is 6.54 Å². The Morgan fingerprint density at radius 2 is 1.94 bits per heavy atom. The molecule has 0 aliphatic carbocycles. The Labute approximate surface area is 113 Å². The quantitative estimate of drug-likeness (QED) is 0.815. The van der Waals surface area contributed by atoms with E-state index in [0.29, 0.717) is 0 Å². The van der Waals surface area contributed by atoms with Gasteiger partial charge in [0.2, 0.25) is 0 Å². The lowest BCUT2D eigenvalue weighted by Gasteiger charge is -2.26. The van der Waals surface area contributed by atoms with Crippen molar-refractivity contribution in [2.45, 2.75) is 26.2 Å². The van der Waals surface area contributed by atoms with E-state index in [0.717, 1.165) is 17.9 Å². The highest BCUT2D eigenvalue weighted by Crippen LogP contribution is 2.31. The van der Waals surface area contributed by atoms with Gasteiger partial charge < -0.3 is 11.1 Å². The first kappa shape index (κ1) is 13.0. The van der Waals surface area contributed by atoms with E-state index < -0.39 is 0 Å². The Hall–Kier alpha value is -1.48. The molecule has 1 aromatic heterocycles. The fourth-order valence-electron chi connectivity index (χ4n) is 2.12. The van der Waals surface area contributed by atoms with Crippen molar-refractivity contribution >= 4 is 22.7 Å². The lowest BCUT2D eigenvalue weighted by atomic mass is 9.89. The Morgan fingerprint density at radius 1 is 1.22 bits per heavy atom. The van der Waals surface area contributed by atoms with E-state index in [1.807, 2.05) is 35.6 Å². The Morgan fingerprint density at radius 3 is 2.56 bits per heavy atom. The number of hydrogen-bond donors (Lipinski definition) is 2. The first-order chi connectivity index (χ1) is 8.50. The van der Waals surface area contributed by atoms with E-state index in [2.05, 4.69) is 37.5 Å². The molecule has 0 amide bonds. The summed E-state index contributed by atoms with van der Waals surface area (Å²) < 4.78 is 0. The minimum absolute atomic E-state index is 0.112. The van der Waals surface area contributed by atoms with Gasteiger partial charge in [-0.2, -0.15) is 0 Å². The number of aryl methyl sites for hydroxylation is 1. The molecule has 2 rings (SSSR count). The van der Waals surface area contributed by atoms with Gasteiger partial charge in [-0.15, -0.1) is 11.3 Å². The van der Waals surface area contributed by atoms with Crippen molar-refractivity contribution < 1.29 is 0 Å². The van der Waals surface area contributed by atoms with Gasteiger partial charge in [0.1, 0.15) is 0 Å². The molecule has 0 atom stereocenters. The SMILES string of the molecule is Cc1ccsc1C(C)(C)CNc1ccccc1N. The Bertz CT molecular complexity index is 529. The van der Waals surface area contributed by atoms with Gasteiger partial charge >= 0.3 is 0 Å². The summed E-state index contributed by atoms with van der Waals surface area (Å²) in [6.07, 6.45) is 0. The molecule has 0 unspecified atom stereocenters. The lowest BCUT2D eigenvalue weighted by Crippen LogP contribution is -2.27. The van der Waals surface area contributed by atoms with Gasteiger partial charge in [0, 0.05) is 16.8 Å². The smallest absolute Gasteiger partial charge is 0.0574 e. The number of nitrogens with two attached hydrogens (primary N) is 1. The van der Waals surface area contributed by atoms with Gasteiger partial charge in [0.05, 0.1) is 11.4 Å². The van der Waals surface area contributed by atoms with E-state index in [1.165, 1.54) is 10.4 Å². The molecule has 0 aliphatic rings. The summed E-state index contributed by atoms with van der Waals surface area (Å²) in [6.45, 7) is 7.57. The van der Waals surface area contributed by atoms with Gasteiger partial charge in [0.25, 0.3) is 0 Å². The van der Waals surface area contributed by atoms with Crippen LogP contribution in [-0.2, 0) is 5.41 Å². The molecule has 2 aromatic rings. The summed E-state index contributed by atoms with van der Waals surface area (Å²) in [5.41, 5.74) is 9.23. The number of hydrogen-bond acceptors (Lipinski definition) is 3. The minimum atomic E-state index is 0.112. The normalized spacial score (nSPS) is 11.5. The molecule has 96 valence electrons. The molecular formula is C15H20N2S. The second-order valence-electron chi connectivity index (χ2n) is 5.26. The number of benzene rings is 1. The molecule has 0 bridgehead atoms. The Kier molecular flexibility index (Phi) is 3.62. The van der Waals surface area contributed by atoms with Gasteiger partial charge in [-0.25, -0.2) is 0 Å². The summed E-state index contributed by atoms with van der Waals surface area (Å²) in [5.74, 6) is 0. The summed E-state index contributed by atoms with van der Waals surface area (Å²) in [7, 11) is 0. The highest BCUT2D eigenvalue weighted by Gasteiger charge is 2.23. The van der Waals surface area contributed by atoms with E-state index in [-0.39, 0.29) is 5.41 Å². The van der Waals surface area contributed by atoms with Crippen LogP contribution in [0, 0.1) is 6.92 Å². The number of anilines is 2. The van der Waals surface area contributed by atoms with Gasteiger partial charge in [-0.3, -0.25) is 0 Å². The van der Waals surface area contributed by atoms with Crippen molar-refractivity contribution in [3.05, 3.63) is 46.2 Å². The van der Waals surface area contributed by atoms with Gasteiger partial charge in [-0.05, 0) is 36.1 Å². The van der Waals surface area contributed by atoms with Crippen LogP contribution in [0.4, 0.5) is 11.4 Å². The highest BCUT2D eigenvalue weighted by molar-refractivity contribution is 7.10. The number of nitrogen functional groups attached to an aromatic ring is 1. The monoisotopic (exact) mass is 260 g/mol. The number of para-hydroxylation sites is 2. The molecule has 0 spiro atoms. The van der Waals surface area contributed by atoms with Crippen molar-refractivity contribution in [3.8, 4) is 0 Å². The zero-order valence-electron chi connectivity index (χ0n) is 11.2. The van der Waals surface area contributed by atoms with E-state index in [4.69, 9.17) is 5.73 Å². The maximum absolute atomic E-state index is 5.94. The fourth-order valence-corrected chi connectivity index (χ4v) is 3.17. The number of rotatable bonds is 4. The molecule has 2 nitrogen and oxygen atoms in total. The van der Waals surface area contributed by atoms with Crippen molar-refractivity contribution in [1.29, 1.82) is 0 Å². The van der Waals surface area contributed by atoms with Crippen LogP contribution in [0.25, 0.3) is 0 Å². The van der Waals surface area contributed by atoms with Crippen LogP contribution in [0.2, 0.25) is 0 Å². The van der Waals surface area contributed by atoms with Crippen LogP contribution in [0.5, 0.6) is 0 Å². The van der Waals surface area contributed by atoms with Crippen molar-refractivity contribution in [3.63, 3.8) is 0 Å². The largest absolute Gasteiger partial charge is 0.397 e. The van der Waals surface area contributed by atoms with E-state index in [1.54, 1.807) is 0 Å². The van der Waals surface area contributed by atoms with Crippen molar-refractivity contribution in [1.82, 2.24) is 0 Å². The maximum Gasteiger partial charge on any atom is 0.0574 e. The molecule has 0 aliphatic heterocycles. The van der Waals surface area contributed by atoms with Crippen LogP contribution < -0.4 is 11.1 Å².